The number of thioether (sulfide) groups is 1. The van der Waals surface area contributed by atoms with Crippen LogP contribution in [0.3, 0.4) is 0 Å². The highest BCUT2D eigenvalue weighted by Gasteiger charge is 2.28. The highest BCUT2D eigenvalue weighted by Crippen LogP contribution is 2.23. The zero-order chi connectivity index (χ0) is 13.0. The van der Waals surface area contributed by atoms with Crippen molar-refractivity contribution in [3.05, 3.63) is 29.8 Å². The first-order chi connectivity index (χ1) is 8.77. The van der Waals surface area contributed by atoms with E-state index < -0.39 is 0 Å². The van der Waals surface area contributed by atoms with Gasteiger partial charge in [-0.15, -0.1) is 23.4 Å². The van der Waals surface area contributed by atoms with Crippen molar-refractivity contribution in [3.63, 3.8) is 0 Å². The average molecular weight is 286 g/mol. The summed E-state index contributed by atoms with van der Waals surface area (Å²) in [5.41, 5.74) is 0.752. The van der Waals surface area contributed by atoms with E-state index in [1.807, 2.05) is 35.4 Å². The van der Waals surface area contributed by atoms with Crippen molar-refractivity contribution in [2.75, 3.05) is 31.9 Å². The molecule has 1 fully saturated rings. The summed E-state index contributed by atoms with van der Waals surface area (Å²) in [6, 6.07) is 7.65. The number of ether oxygens (including phenoxy) is 1. The van der Waals surface area contributed by atoms with Crippen LogP contribution in [0.1, 0.15) is 10.4 Å². The second-order valence-electron chi connectivity index (χ2n) is 4.08. The Morgan fingerprint density at radius 1 is 1.56 bits per heavy atom. The first-order valence-corrected chi connectivity index (χ1v) is 7.61. The molecule has 0 aliphatic carbocycles. The summed E-state index contributed by atoms with van der Waals surface area (Å²) in [7, 11) is 0. The minimum Gasteiger partial charge on any atom is -0.377 e. The van der Waals surface area contributed by atoms with Crippen molar-refractivity contribution >= 4 is 29.3 Å². The molecule has 0 spiro atoms. The molecule has 5 heteroatoms. The highest BCUT2D eigenvalue weighted by molar-refractivity contribution is 7.98. The molecule has 1 amide bonds. The summed E-state index contributed by atoms with van der Waals surface area (Å²) >= 11 is 7.49. The zero-order valence-electron chi connectivity index (χ0n) is 10.3. The van der Waals surface area contributed by atoms with Gasteiger partial charge in [0.2, 0.25) is 0 Å². The average Bonchev–Trinajstić information content (AvgIpc) is 2.46. The van der Waals surface area contributed by atoms with Gasteiger partial charge < -0.3 is 9.64 Å². The number of carbonyl (C=O) groups excluding carboxylic acids is 1. The number of amides is 1. The van der Waals surface area contributed by atoms with E-state index in [-0.39, 0.29) is 11.9 Å². The Bertz CT molecular complexity index is 427. The monoisotopic (exact) mass is 285 g/mol. The second kappa shape index (κ2) is 6.45. The molecule has 1 saturated heterocycles. The third kappa shape index (κ3) is 2.82. The lowest BCUT2D eigenvalue weighted by molar-refractivity contribution is 0.00437. The molecule has 2 rings (SSSR count). The molecular weight excluding hydrogens is 270 g/mol. The largest absolute Gasteiger partial charge is 0.377 e. The van der Waals surface area contributed by atoms with Gasteiger partial charge in [-0.1, -0.05) is 12.1 Å². The zero-order valence-corrected chi connectivity index (χ0v) is 11.8. The van der Waals surface area contributed by atoms with Crippen molar-refractivity contribution in [1.82, 2.24) is 4.90 Å². The van der Waals surface area contributed by atoms with Gasteiger partial charge in [0, 0.05) is 17.3 Å². The Hall–Kier alpha value is -0.710. The molecule has 0 N–H and O–H groups in total. The third-order valence-corrected chi connectivity index (χ3v) is 4.16. The SMILES string of the molecule is CSc1ccccc1C(=O)N1CCOCC1CCl. The minimum atomic E-state index is -0.0252. The van der Waals surface area contributed by atoms with E-state index >= 15 is 0 Å². The van der Waals surface area contributed by atoms with Gasteiger partial charge in [-0.25, -0.2) is 0 Å². The van der Waals surface area contributed by atoms with Crippen LogP contribution in [0.4, 0.5) is 0 Å². The van der Waals surface area contributed by atoms with E-state index in [2.05, 4.69) is 0 Å². The first kappa shape index (κ1) is 13.7. The van der Waals surface area contributed by atoms with Crippen LogP contribution in [-0.4, -0.2) is 48.7 Å². The highest BCUT2D eigenvalue weighted by atomic mass is 35.5. The smallest absolute Gasteiger partial charge is 0.255 e. The van der Waals surface area contributed by atoms with Gasteiger partial charge >= 0.3 is 0 Å². The number of morpholine rings is 1. The number of carbonyl (C=O) groups is 1. The summed E-state index contributed by atoms with van der Waals surface area (Å²) in [5.74, 6) is 0.460. The number of rotatable bonds is 3. The van der Waals surface area contributed by atoms with E-state index in [4.69, 9.17) is 16.3 Å². The van der Waals surface area contributed by atoms with Crippen molar-refractivity contribution in [1.29, 1.82) is 0 Å². The minimum absolute atomic E-state index is 0.0252. The number of benzene rings is 1. The van der Waals surface area contributed by atoms with Gasteiger partial charge in [0.05, 0.1) is 24.8 Å². The molecule has 18 heavy (non-hydrogen) atoms. The summed E-state index contributed by atoms with van der Waals surface area (Å²) in [5, 5.41) is 0. The van der Waals surface area contributed by atoms with Crippen molar-refractivity contribution < 1.29 is 9.53 Å². The number of halogens is 1. The second-order valence-corrected chi connectivity index (χ2v) is 5.24. The van der Waals surface area contributed by atoms with Crippen LogP contribution in [0, 0.1) is 0 Å². The fourth-order valence-electron chi connectivity index (χ4n) is 2.03. The predicted molar refractivity (Wildman–Crippen MR) is 74.6 cm³/mol. The lowest BCUT2D eigenvalue weighted by Crippen LogP contribution is -2.49. The molecule has 1 aliphatic rings. The van der Waals surface area contributed by atoms with Gasteiger partial charge in [0.25, 0.3) is 5.91 Å². The molecule has 1 atom stereocenters. The standard InChI is InChI=1S/C13H16ClNO2S/c1-18-12-5-3-2-4-11(12)13(16)15-6-7-17-9-10(15)8-14/h2-5,10H,6-9H2,1H3. The van der Waals surface area contributed by atoms with Gasteiger partial charge in [-0.3, -0.25) is 4.79 Å². The van der Waals surface area contributed by atoms with Crippen LogP contribution in [0.25, 0.3) is 0 Å². The van der Waals surface area contributed by atoms with Gasteiger partial charge in [-0.05, 0) is 18.4 Å². The molecule has 1 aromatic carbocycles. The first-order valence-electron chi connectivity index (χ1n) is 5.85. The summed E-state index contributed by atoms with van der Waals surface area (Å²) in [4.78, 5) is 15.4. The maximum absolute atomic E-state index is 12.5. The van der Waals surface area contributed by atoms with Crippen molar-refractivity contribution in [2.45, 2.75) is 10.9 Å². The molecule has 1 unspecified atom stereocenters. The van der Waals surface area contributed by atoms with E-state index in [1.54, 1.807) is 11.8 Å². The number of alkyl halides is 1. The molecule has 1 heterocycles. The molecule has 1 aromatic rings. The van der Waals surface area contributed by atoms with Crippen molar-refractivity contribution in [3.8, 4) is 0 Å². The predicted octanol–water partition coefficient (Wildman–Crippen LogP) is 2.49. The van der Waals surface area contributed by atoms with Gasteiger partial charge in [-0.2, -0.15) is 0 Å². The quantitative estimate of drug-likeness (QED) is 0.631. The van der Waals surface area contributed by atoms with Crippen LogP contribution < -0.4 is 0 Å². The molecule has 0 aromatic heterocycles. The maximum Gasteiger partial charge on any atom is 0.255 e. The molecule has 0 saturated carbocycles. The third-order valence-electron chi connectivity index (χ3n) is 3.00. The van der Waals surface area contributed by atoms with Crippen LogP contribution in [0.5, 0.6) is 0 Å². The van der Waals surface area contributed by atoms with E-state index in [0.717, 1.165) is 10.5 Å². The fraction of sp³-hybridized carbons (Fsp3) is 0.462. The van der Waals surface area contributed by atoms with Crippen LogP contribution >= 0.6 is 23.4 Å². The van der Waals surface area contributed by atoms with Gasteiger partial charge in [0.15, 0.2) is 0 Å². The Labute approximate surface area is 116 Å². The molecule has 3 nitrogen and oxygen atoms in total. The Balaban J connectivity index is 2.24. The lowest BCUT2D eigenvalue weighted by atomic mass is 10.1. The molecule has 0 radical (unpaired) electrons. The maximum atomic E-state index is 12.5. The number of hydrogen-bond donors (Lipinski definition) is 0. The number of nitrogens with zero attached hydrogens (tertiary/aromatic N) is 1. The van der Waals surface area contributed by atoms with Crippen LogP contribution in [0.2, 0.25) is 0 Å². The van der Waals surface area contributed by atoms with E-state index in [1.165, 1.54) is 0 Å². The summed E-state index contributed by atoms with van der Waals surface area (Å²) < 4.78 is 5.36. The Morgan fingerprint density at radius 3 is 3.06 bits per heavy atom. The number of hydrogen-bond acceptors (Lipinski definition) is 3. The Kier molecular flexibility index (Phi) is 4.92. The van der Waals surface area contributed by atoms with E-state index in [0.29, 0.717) is 25.6 Å². The molecular formula is C13H16ClNO2S. The fourth-order valence-corrected chi connectivity index (χ4v) is 2.87. The normalized spacial score (nSPS) is 19.9. The summed E-state index contributed by atoms with van der Waals surface area (Å²) in [6.07, 6.45) is 1.98. The van der Waals surface area contributed by atoms with Crippen molar-refractivity contribution in [2.24, 2.45) is 0 Å². The van der Waals surface area contributed by atoms with Crippen LogP contribution in [0.15, 0.2) is 29.2 Å². The topological polar surface area (TPSA) is 29.5 Å². The van der Waals surface area contributed by atoms with Gasteiger partial charge in [0.1, 0.15) is 0 Å². The molecule has 98 valence electrons. The molecule has 0 bridgehead atoms. The van der Waals surface area contributed by atoms with Crippen LogP contribution in [-0.2, 0) is 4.74 Å². The Morgan fingerprint density at radius 2 is 2.33 bits per heavy atom. The summed E-state index contributed by atoms with van der Waals surface area (Å²) in [6.45, 7) is 1.72. The lowest BCUT2D eigenvalue weighted by Gasteiger charge is -2.34. The van der Waals surface area contributed by atoms with E-state index in [9.17, 15) is 4.79 Å². The molecule has 1 aliphatic heterocycles.